The summed E-state index contributed by atoms with van der Waals surface area (Å²) in [7, 11) is 0. The fourth-order valence-electron chi connectivity index (χ4n) is 7.66. The van der Waals surface area contributed by atoms with Gasteiger partial charge in [-0.05, 0) is 71.9 Å². The van der Waals surface area contributed by atoms with Crippen molar-refractivity contribution < 1.29 is 19.1 Å². The lowest BCUT2D eigenvalue weighted by Gasteiger charge is -2.49. The molecule has 3 aromatic carbocycles. The molecular weight excluding hydrogens is 662 g/mol. The molecule has 0 aromatic heterocycles. The molecule has 0 fully saturated rings. The lowest BCUT2D eigenvalue weighted by Crippen LogP contribution is -2.44. The molecule has 48 heavy (non-hydrogen) atoms. The van der Waals surface area contributed by atoms with E-state index in [0.717, 1.165) is 62.1 Å². The Labute approximate surface area is 293 Å². The number of carbonyl (C=O) groups is 2. The molecule has 0 atom stereocenters. The monoisotopic (exact) mass is 707 g/mol. The number of allylic oxidation sites excluding steroid dienone is 5. The zero-order valence-electron chi connectivity index (χ0n) is 28.8. The normalized spacial score (nSPS) is 18.8. The second kappa shape index (κ2) is 13.5. The molecule has 1 aliphatic heterocycles. The number of benzene rings is 3. The van der Waals surface area contributed by atoms with Crippen LogP contribution in [0.25, 0.3) is 0 Å². The van der Waals surface area contributed by atoms with E-state index >= 15 is 0 Å². The number of carbonyl (C=O) groups excluding carboxylic acids is 2. The summed E-state index contributed by atoms with van der Waals surface area (Å²) in [5.41, 5.74) is 7.23. The molecule has 0 saturated heterocycles. The highest BCUT2D eigenvalue weighted by Crippen LogP contribution is 2.55. The van der Waals surface area contributed by atoms with Gasteiger partial charge in [-0.15, -0.1) is 6.58 Å². The third-order valence-corrected chi connectivity index (χ3v) is 10.2. The lowest BCUT2D eigenvalue weighted by molar-refractivity contribution is -0.119. The van der Waals surface area contributed by atoms with Crippen LogP contribution in [-0.4, -0.2) is 23.1 Å². The Hall–Kier alpha value is -3.90. The van der Waals surface area contributed by atoms with Gasteiger partial charge < -0.3 is 14.4 Å². The van der Waals surface area contributed by atoms with Crippen LogP contribution in [0, 0.1) is 10.8 Å². The van der Waals surface area contributed by atoms with Crippen molar-refractivity contribution in [2.75, 3.05) is 6.61 Å². The standard InChI is InChI=1S/C42H46BrNO4/c1-7-12-29-19-30(20-36(47-8-2)40(29)48-26-28-15-17-31(43)18-16-28)37-38-32(21-41(3,4)23-34(38)45)44(25-27-13-10-9-11-14-27)33-22-42(5,6)24-35(46)39(33)37/h7,9-11,13-20,37H,1,8,12,21-26H2,2-6H3. The van der Waals surface area contributed by atoms with E-state index in [-0.39, 0.29) is 22.4 Å². The highest BCUT2D eigenvalue weighted by atomic mass is 79.9. The maximum absolute atomic E-state index is 14.4. The molecule has 0 radical (unpaired) electrons. The summed E-state index contributed by atoms with van der Waals surface area (Å²) in [5, 5.41) is 0. The Morgan fingerprint density at radius 3 is 2.00 bits per heavy atom. The van der Waals surface area contributed by atoms with E-state index in [1.807, 2.05) is 49.4 Å². The zero-order valence-corrected chi connectivity index (χ0v) is 30.4. The first-order valence-corrected chi connectivity index (χ1v) is 17.8. The first kappa shape index (κ1) is 34.0. The molecule has 0 amide bonds. The molecule has 6 rings (SSSR count). The molecule has 0 spiro atoms. The van der Waals surface area contributed by atoms with Crippen LogP contribution in [0.1, 0.15) is 88.5 Å². The minimum absolute atomic E-state index is 0.118. The zero-order chi connectivity index (χ0) is 34.2. The minimum atomic E-state index is -0.475. The molecule has 0 bridgehead atoms. The Bertz CT molecular complexity index is 1740. The summed E-state index contributed by atoms with van der Waals surface area (Å²) >= 11 is 3.51. The molecule has 0 saturated carbocycles. The molecule has 3 aliphatic rings. The van der Waals surface area contributed by atoms with Crippen LogP contribution in [0.15, 0.2) is 106 Å². The topological polar surface area (TPSA) is 55.8 Å². The fraction of sp³-hybridized carbons (Fsp3) is 0.381. The van der Waals surface area contributed by atoms with Crippen molar-refractivity contribution in [2.24, 2.45) is 10.8 Å². The van der Waals surface area contributed by atoms with Gasteiger partial charge in [0.1, 0.15) is 6.61 Å². The molecule has 6 heteroatoms. The van der Waals surface area contributed by atoms with Crippen LogP contribution in [0.3, 0.4) is 0 Å². The molecule has 5 nitrogen and oxygen atoms in total. The Morgan fingerprint density at radius 2 is 1.44 bits per heavy atom. The molecule has 0 N–H and O–H groups in total. The largest absolute Gasteiger partial charge is 0.490 e. The van der Waals surface area contributed by atoms with Crippen molar-refractivity contribution in [2.45, 2.75) is 85.8 Å². The number of halogens is 1. The maximum Gasteiger partial charge on any atom is 0.165 e. The average molecular weight is 709 g/mol. The van der Waals surface area contributed by atoms with Gasteiger partial charge in [0.25, 0.3) is 0 Å². The number of ketones is 2. The fourth-order valence-corrected chi connectivity index (χ4v) is 7.92. The van der Waals surface area contributed by atoms with Crippen molar-refractivity contribution >= 4 is 27.5 Å². The molecule has 250 valence electrons. The second-order valence-electron chi connectivity index (χ2n) is 15.0. The van der Waals surface area contributed by atoms with Gasteiger partial charge >= 0.3 is 0 Å². The summed E-state index contributed by atoms with van der Waals surface area (Å²) in [4.78, 5) is 31.2. The number of hydrogen-bond donors (Lipinski definition) is 0. The van der Waals surface area contributed by atoms with Crippen LogP contribution in [0.4, 0.5) is 0 Å². The maximum atomic E-state index is 14.4. The SMILES string of the molecule is C=CCc1cc(C2C3=C(CC(C)(C)CC3=O)N(Cc3ccccc3)C3=C2C(=O)CC(C)(C)C3)cc(OCC)c1OCc1ccc(Br)cc1. The molecular formula is C42H46BrNO4. The quantitative estimate of drug-likeness (QED) is 0.196. The van der Waals surface area contributed by atoms with Crippen molar-refractivity contribution in [3.05, 3.63) is 129 Å². The van der Waals surface area contributed by atoms with Gasteiger partial charge in [-0.1, -0.05) is 98.2 Å². The molecule has 2 aliphatic carbocycles. The smallest absolute Gasteiger partial charge is 0.165 e. The lowest BCUT2D eigenvalue weighted by atomic mass is 9.63. The molecule has 1 heterocycles. The van der Waals surface area contributed by atoms with Gasteiger partial charge in [-0.2, -0.15) is 0 Å². The van der Waals surface area contributed by atoms with Crippen LogP contribution in [0.5, 0.6) is 11.5 Å². The summed E-state index contributed by atoms with van der Waals surface area (Å²) in [6.07, 6.45) is 4.81. The summed E-state index contributed by atoms with van der Waals surface area (Å²) in [5.74, 6) is 1.05. The summed E-state index contributed by atoms with van der Waals surface area (Å²) in [6, 6.07) is 22.6. The van der Waals surface area contributed by atoms with Crippen LogP contribution < -0.4 is 9.47 Å². The van der Waals surface area contributed by atoms with Gasteiger partial charge in [0.05, 0.1) is 6.61 Å². The van der Waals surface area contributed by atoms with Crippen molar-refractivity contribution in [3.8, 4) is 11.5 Å². The molecule has 3 aromatic rings. The van der Waals surface area contributed by atoms with E-state index in [1.165, 1.54) is 0 Å². The third kappa shape index (κ3) is 6.96. The van der Waals surface area contributed by atoms with E-state index in [0.29, 0.717) is 50.5 Å². The van der Waals surface area contributed by atoms with Gasteiger partial charge in [0, 0.05) is 57.9 Å². The highest BCUT2D eigenvalue weighted by Gasteiger charge is 2.49. The van der Waals surface area contributed by atoms with E-state index in [1.54, 1.807) is 0 Å². The number of hydrogen-bond acceptors (Lipinski definition) is 5. The van der Waals surface area contributed by atoms with E-state index < -0.39 is 5.92 Å². The Kier molecular flexibility index (Phi) is 9.59. The van der Waals surface area contributed by atoms with Crippen molar-refractivity contribution in [3.63, 3.8) is 0 Å². The summed E-state index contributed by atoms with van der Waals surface area (Å²) in [6.45, 7) is 16.2. The van der Waals surface area contributed by atoms with Crippen LogP contribution >= 0.6 is 15.9 Å². The van der Waals surface area contributed by atoms with Crippen molar-refractivity contribution in [1.82, 2.24) is 4.90 Å². The number of rotatable bonds is 10. The predicted octanol–water partition coefficient (Wildman–Crippen LogP) is 10.0. The molecule has 0 unspecified atom stereocenters. The summed E-state index contributed by atoms with van der Waals surface area (Å²) < 4.78 is 13.8. The number of nitrogens with zero attached hydrogens (tertiary/aromatic N) is 1. The first-order chi connectivity index (χ1) is 22.9. The van der Waals surface area contributed by atoms with Gasteiger partial charge in [-0.3, -0.25) is 9.59 Å². The van der Waals surface area contributed by atoms with Crippen LogP contribution in [-0.2, 0) is 29.2 Å². The third-order valence-electron chi connectivity index (χ3n) is 9.65. The van der Waals surface area contributed by atoms with Gasteiger partial charge in [0.15, 0.2) is 23.1 Å². The Balaban J connectivity index is 1.54. The second-order valence-corrected chi connectivity index (χ2v) is 15.9. The van der Waals surface area contributed by atoms with Crippen molar-refractivity contribution in [1.29, 1.82) is 0 Å². The van der Waals surface area contributed by atoms with E-state index in [2.05, 4.69) is 85.4 Å². The van der Waals surface area contributed by atoms with Gasteiger partial charge in [-0.25, -0.2) is 0 Å². The first-order valence-electron chi connectivity index (χ1n) is 17.0. The highest BCUT2D eigenvalue weighted by molar-refractivity contribution is 9.10. The van der Waals surface area contributed by atoms with Crippen LogP contribution in [0.2, 0.25) is 0 Å². The number of Topliss-reactive ketones (excluding diaryl/α,β-unsaturated/α-hetero) is 2. The van der Waals surface area contributed by atoms with E-state index in [9.17, 15) is 9.59 Å². The van der Waals surface area contributed by atoms with Gasteiger partial charge in [0.2, 0.25) is 0 Å². The Morgan fingerprint density at radius 1 is 0.833 bits per heavy atom. The predicted molar refractivity (Wildman–Crippen MR) is 195 cm³/mol. The van der Waals surface area contributed by atoms with E-state index in [4.69, 9.17) is 9.47 Å². The number of ether oxygens (including phenoxy) is 2. The average Bonchev–Trinajstić information content (AvgIpc) is 3.01. The minimum Gasteiger partial charge on any atom is -0.490 e.